The van der Waals surface area contributed by atoms with Crippen LogP contribution < -0.4 is 5.32 Å². The van der Waals surface area contributed by atoms with E-state index in [0.717, 1.165) is 5.69 Å². The van der Waals surface area contributed by atoms with Crippen molar-refractivity contribution in [3.05, 3.63) is 38.9 Å². The minimum Gasteiger partial charge on any atom is -0.362 e. The molecule has 3 heterocycles. The van der Waals surface area contributed by atoms with Crippen LogP contribution in [-0.2, 0) is 6.54 Å². The standard InChI is InChI=1S/C10H6BrClFN5S/c11-6-4-18-8(7(6)13)9(15-10(12)16-18)14-3-5-1-2-19-17-5/h1-2,4H,3H2,(H,14,15,16). The van der Waals surface area contributed by atoms with E-state index in [1.807, 2.05) is 11.4 Å². The number of hydrogen-bond donors (Lipinski definition) is 1. The molecule has 5 nitrogen and oxygen atoms in total. The average Bonchev–Trinajstić information content (AvgIpc) is 2.96. The molecule has 9 heteroatoms. The highest BCUT2D eigenvalue weighted by Gasteiger charge is 2.16. The molecule has 19 heavy (non-hydrogen) atoms. The average molecular weight is 363 g/mol. The second kappa shape index (κ2) is 5.03. The van der Waals surface area contributed by atoms with Crippen molar-refractivity contribution in [2.75, 3.05) is 5.32 Å². The molecule has 0 aliphatic rings. The third-order valence-corrected chi connectivity index (χ3v) is 3.74. The van der Waals surface area contributed by atoms with Crippen LogP contribution in [0.4, 0.5) is 10.2 Å². The predicted molar refractivity (Wildman–Crippen MR) is 75.1 cm³/mol. The summed E-state index contributed by atoms with van der Waals surface area (Å²) in [7, 11) is 0. The Labute approximate surface area is 124 Å². The number of nitrogens with one attached hydrogen (secondary N) is 1. The molecular formula is C10H6BrClFN5S. The number of halogens is 3. The first kappa shape index (κ1) is 12.8. The van der Waals surface area contributed by atoms with Crippen molar-refractivity contribution >= 4 is 50.4 Å². The molecule has 3 aromatic rings. The maximum absolute atomic E-state index is 14.0. The topological polar surface area (TPSA) is 55.1 Å². The van der Waals surface area contributed by atoms with Gasteiger partial charge >= 0.3 is 0 Å². The van der Waals surface area contributed by atoms with Crippen LogP contribution in [-0.4, -0.2) is 19.0 Å². The number of hydrogen-bond acceptors (Lipinski definition) is 5. The van der Waals surface area contributed by atoms with Gasteiger partial charge in [-0.15, -0.1) is 5.10 Å². The van der Waals surface area contributed by atoms with Gasteiger partial charge in [0.15, 0.2) is 11.6 Å². The van der Waals surface area contributed by atoms with Crippen LogP contribution in [0.2, 0.25) is 5.28 Å². The SMILES string of the molecule is Fc1c(Br)cn2nc(Cl)nc(NCc3ccsn3)c12. The predicted octanol–water partition coefficient (Wildman–Crippen LogP) is 3.35. The van der Waals surface area contributed by atoms with Crippen LogP contribution in [0.1, 0.15) is 5.69 Å². The molecule has 0 atom stereocenters. The lowest BCUT2D eigenvalue weighted by atomic mass is 10.4. The molecule has 0 fully saturated rings. The lowest BCUT2D eigenvalue weighted by Crippen LogP contribution is -2.06. The molecule has 0 bridgehead atoms. The molecule has 0 radical (unpaired) electrons. The zero-order valence-electron chi connectivity index (χ0n) is 9.27. The van der Waals surface area contributed by atoms with Gasteiger partial charge in [0.05, 0.1) is 16.7 Å². The summed E-state index contributed by atoms with van der Waals surface area (Å²) in [6, 6.07) is 1.88. The van der Waals surface area contributed by atoms with Gasteiger partial charge in [0, 0.05) is 11.6 Å². The van der Waals surface area contributed by atoms with Crippen molar-refractivity contribution in [2.45, 2.75) is 6.54 Å². The first-order valence-corrected chi connectivity index (χ1v) is 7.19. The molecule has 0 spiro atoms. The smallest absolute Gasteiger partial charge is 0.243 e. The molecular weight excluding hydrogens is 357 g/mol. The summed E-state index contributed by atoms with van der Waals surface area (Å²) in [4.78, 5) is 4.01. The highest BCUT2D eigenvalue weighted by molar-refractivity contribution is 9.10. The minimum atomic E-state index is -0.433. The van der Waals surface area contributed by atoms with Crippen molar-refractivity contribution in [3.8, 4) is 0 Å². The van der Waals surface area contributed by atoms with E-state index in [0.29, 0.717) is 16.8 Å². The Balaban J connectivity index is 2.01. The Bertz CT molecular complexity index is 729. The van der Waals surface area contributed by atoms with Crippen LogP contribution in [0.5, 0.6) is 0 Å². The summed E-state index contributed by atoms with van der Waals surface area (Å²) >= 11 is 10.3. The molecule has 1 N–H and O–H groups in total. The first-order valence-electron chi connectivity index (χ1n) is 5.18. The van der Waals surface area contributed by atoms with Gasteiger partial charge in [-0.2, -0.15) is 9.36 Å². The third kappa shape index (κ3) is 2.43. The maximum Gasteiger partial charge on any atom is 0.243 e. The molecule has 0 aliphatic heterocycles. The van der Waals surface area contributed by atoms with Gasteiger partial charge < -0.3 is 5.32 Å². The summed E-state index contributed by atoms with van der Waals surface area (Å²) in [5.41, 5.74) is 1.09. The van der Waals surface area contributed by atoms with Gasteiger partial charge in [-0.1, -0.05) is 0 Å². The summed E-state index contributed by atoms with van der Waals surface area (Å²) < 4.78 is 19.8. The molecule has 0 saturated heterocycles. The summed E-state index contributed by atoms with van der Waals surface area (Å²) in [5, 5.41) is 8.83. The molecule has 0 aromatic carbocycles. The van der Waals surface area contributed by atoms with Crippen LogP contribution in [0.15, 0.2) is 22.1 Å². The van der Waals surface area contributed by atoms with Crippen molar-refractivity contribution < 1.29 is 4.39 Å². The Kier molecular flexibility index (Phi) is 3.38. The van der Waals surface area contributed by atoms with Gasteiger partial charge in [-0.05, 0) is 45.1 Å². The minimum absolute atomic E-state index is 0.0378. The summed E-state index contributed by atoms with van der Waals surface area (Å²) in [5.74, 6) is -0.103. The van der Waals surface area contributed by atoms with Crippen LogP contribution in [0.25, 0.3) is 5.52 Å². The number of fused-ring (bicyclic) bond motifs is 1. The molecule has 3 rings (SSSR count). The van der Waals surface area contributed by atoms with E-state index >= 15 is 0 Å². The van der Waals surface area contributed by atoms with E-state index in [2.05, 4.69) is 35.7 Å². The second-order valence-corrected chi connectivity index (χ2v) is 5.52. The van der Waals surface area contributed by atoms with Gasteiger partial charge in [-0.25, -0.2) is 8.91 Å². The van der Waals surface area contributed by atoms with Crippen molar-refractivity contribution in [1.82, 2.24) is 19.0 Å². The Hall–Kier alpha value is -1.25. The van der Waals surface area contributed by atoms with Crippen molar-refractivity contribution in [3.63, 3.8) is 0 Å². The summed E-state index contributed by atoms with van der Waals surface area (Å²) in [6.45, 7) is 0.439. The van der Waals surface area contributed by atoms with E-state index in [-0.39, 0.29) is 10.8 Å². The van der Waals surface area contributed by atoms with E-state index in [4.69, 9.17) is 11.6 Å². The molecule has 0 aliphatic carbocycles. The largest absolute Gasteiger partial charge is 0.362 e. The maximum atomic E-state index is 14.0. The Morgan fingerprint density at radius 3 is 3.11 bits per heavy atom. The lowest BCUT2D eigenvalue weighted by Gasteiger charge is -2.06. The number of rotatable bonds is 3. The number of nitrogens with zero attached hydrogens (tertiary/aromatic N) is 4. The van der Waals surface area contributed by atoms with E-state index < -0.39 is 5.82 Å². The lowest BCUT2D eigenvalue weighted by molar-refractivity contribution is 0.633. The highest BCUT2D eigenvalue weighted by Crippen LogP contribution is 2.27. The van der Waals surface area contributed by atoms with Gasteiger partial charge in [0.2, 0.25) is 5.28 Å². The third-order valence-electron chi connectivity index (χ3n) is 2.43. The van der Waals surface area contributed by atoms with E-state index in [1.54, 1.807) is 0 Å². The second-order valence-electron chi connectivity index (χ2n) is 3.66. The normalized spacial score (nSPS) is 11.1. The zero-order chi connectivity index (χ0) is 13.4. The Morgan fingerprint density at radius 1 is 1.53 bits per heavy atom. The number of aromatic nitrogens is 4. The monoisotopic (exact) mass is 361 g/mol. The van der Waals surface area contributed by atoms with Crippen molar-refractivity contribution in [2.24, 2.45) is 0 Å². The summed E-state index contributed by atoms with van der Waals surface area (Å²) in [6.07, 6.45) is 1.49. The van der Waals surface area contributed by atoms with Gasteiger partial charge in [-0.3, -0.25) is 0 Å². The quantitative estimate of drug-likeness (QED) is 0.776. The van der Waals surface area contributed by atoms with Gasteiger partial charge in [0.1, 0.15) is 5.52 Å². The molecule has 0 unspecified atom stereocenters. The fourth-order valence-electron chi connectivity index (χ4n) is 1.62. The van der Waals surface area contributed by atoms with Crippen LogP contribution in [0.3, 0.4) is 0 Å². The van der Waals surface area contributed by atoms with E-state index in [9.17, 15) is 4.39 Å². The number of anilines is 1. The zero-order valence-corrected chi connectivity index (χ0v) is 12.4. The van der Waals surface area contributed by atoms with Crippen LogP contribution in [0, 0.1) is 5.82 Å². The first-order chi connectivity index (χ1) is 9.15. The molecule has 3 aromatic heterocycles. The highest BCUT2D eigenvalue weighted by atomic mass is 79.9. The van der Waals surface area contributed by atoms with Crippen LogP contribution >= 0.6 is 39.1 Å². The fourth-order valence-corrected chi connectivity index (χ4v) is 2.70. The molecule has 0 amide bonds. The Morgan fingerprint density at radius 2 is 2.37 bits per heavy atom. The van der Waals surface area contributed by atoms with E-state index in [1.165, 1.54) is 22.2 Å². The molecule has 98 valence electrons. The van der Waals surface area contributed by atoms with Crippen molar-refractivity contribution in [1.29, 1.82) is 0 Å². The fraction of sp³-hybridized carbons (Fsp3) is 0.100. The van der Waals surface area contributed by atoms with Gasteiger partial charge in [0.25, 0.3) is 0 Å². The molecule has 0 saturated carbocycles.